The lowest BCUT2D eigenvalue weighted by Gasteiger charge is -2.24. The molecule has 0 aliphatic heterocycles. The molecule has 19 heavy (non-hydrogen) atoms. The van der Waals surface area contributed by atoms with Crippen LogP contribution in [0, 0.1) is 11.3 Å². The minimum atomic E-state index is -3.33. The summed E-state index contributed by atoms with van der Waals surface area (Å²) in [5.41, 5.74) is -0.238. The lowest BCUT2D eigenvalue weighted by atomic mass is 9.80. The van der Waals surface area contributed by atoms with Crippen LogP contribution in [0.1, 0.15) is 33.6 Å². The van der Waals surface area contributed by atoms with Crippen LogP contribution in [0.15, 0.2) is 35.2 Å². The van der Waals surface area contributed by atoms with Crippen LogP contribution in [0.2, 0.25) is 0 Å². The summed E-state index contributed by atoms with van der Waals surface area (Å²) in [6.07, 6.45) is 0.994. The highest BCUT2D eigenvalue weighted by Crippen LogP contribution is 2.46. The zero-order valence-corrected chi connectivity index (χ0v) is 12.4. The highest BCUT2D eigenvalue weighted by Gasteiger charge is 2.47. The molecular weight excluding hydrogens is 260 g/mol. The van der Waals surface area contributed by atoms with Gasteiger partial charge in [0.25, 0.3) is 0 Å². The molecule has 0 bridgehead atoms. The first-order valence-electron chi connectivity index (χ1n) is 6.54. The molecule has 2 rings (SSSR count). The summed E-state index contributed by atoms with van der Waals surface area (Å²) in [6, 6.07) is 8.52. The molecule has 1 saturated carbocycles. The fourth-order valence-corrected chi connectivity index (χ4v) is 5.17. The van der Waals surface area contributed by atoms with Crippen molar-refractivity contribution in [3.05, 3.63) is 30.3 Å². The van der Waals surface area contributed by atoms with Gasteiger partial charge in [0.1, 0.15) is 5.78 Å². The number of hydrogen-bond acceptors (Lipinski definition) is 3. The molecule has 0 saturated heterocycles. The van der Waals surface area contributed by atoms with Crippen molar-refractivity contribution < 1.29 is 13.2 Å². The van der Waals surface area contributed by atoms with Gasteiger partial charge < -0.3 is 0 Å². The molecule has 4 heteroatoms. The van der Waals surface area contributed by atoms with Crippen molar-refractivity contribution in [3.8, 4) is 0 Å². The van der Waals surface area contributed by atoms with E-state index < -0.39 is 15.1 Å². The van der Waals surface area contributed by atoms with E-state index >= 15 is 0 Å². The van der Waals surface area contributed by atoms with Crippen molar-refractivity contribution in [3.63, 3.8) is 0 Å². The number of carbonyl (C=O) groups excluding carboxylic acids is 1. The Bertz CT molecular complexity index is 573. The third kappa shape index (κ3) is 2.59. The van der Waals surface area contributed by atoms with E-state index in [1.807, 2.05) is 13.8 Å². The predicted octanol–water partition coefficient (Wildman–Crippen LogP) is 2.85. The Morgan fingerprint density at radius 3 is 2.26 bits per heavy atom. The molecule has 0 aromatic heterocycles. The first kappa shape index (κ1) is 14.3. The van der Waals surface area contributed by atoms with Crippen molar-refractivity contribution in [2.24, 2.45) is 11.3 Å². The Labute approximate surface area is 114 Å². The van der Waals surface area contributed by atoms with Crippen LogP contribution in [0.3, 0.4) is 0 Å². The lowest BCUT2D eigenvalue weighted by Crippen LogP contribution is -2.23. The molecule has 2 atom stereocenters. The maximum atomic E-state index is 12.6. The second kappa shape index (κ2) is 4.75. The standard InChI is InChI=1S/C15H20O3S/c1-11(16)14-9-13(10-15(14,2)3)19(17,18)12-7-5-4-6-8-12/h4-8,13-14H,9-10H2,1-3H3. The van der Waals surface area contributed by atoms with Gasteiger partial charge in [-0.3, -0.25) is 4.79 Å². The molecule has 1 aromatic rings. The molecule has 104 valence electrons. The zero-order chi connectivity index (χ0) is 14.3. The summed E-state index contributed by atoms with van der Waals surface area (Å²) in [4.78, 5) is 12.0. The van der Waals surface area contributed by atoms with Crippen molar-refractivity contribution in [1.29, 1.82) is 0 Å². The number of sulfone groups is 1. The van der Waals surface area contributed by atoms with Gasteiger partial charge in [-0.1, -0.05) is 32.0 Å². The number of rotatable bonds is 3. The molecule has 0 heterocycles. The second-order valence-corrected chi connectivity index (χ2v) is 8.30. The van der Waals surface area contributed by atoms with Crippen molar-refractivity contribution in [2.45, 2.75) is 43.8 Å². The molecule has 1 aliphatic rings. The summed E-state index contributed by atoms with van der Waals surface area (Å²) < 4.78 is 25.2. The molecular formula is C15H20O3S. The SMILES string of the molecule is CC(=O)C1CC(S(=O)(=O)c2ccccc2)CC1(C)C. The average Bonchev–Trinajstić information content (AvgIpc) is 2.67. The first-order valence-corrected chi connectivity index (χ1v) is 8.09. The van der Waals surface area contributed by atoms with Crippen molar-refractivity contribution in [2.75, 3.05) is 0 Å². The van der Waals surface area contributed by atoms with Gasteiger partial charge in [0.05, 0.1) is 10.1 Å². The summed E-state index contributed by atoms with van der Waals surface area (Å²) in [5, 5.41) is -0.446. The zero-order valence-electron chi connectivity index (χ0n) is 11.6. The number of ketones is 1. The largest absolute Gasteiger partial charge is 0.300 e. The topological polar surface area (TPSA) is 51.2 Å². The van der Waals surface area contributed by atoms with E-state index in [2.05, 4.69) is 0 Å². The number of Topliss-reactive ketones (excluding diaryl/α,β-unsaturated/α-hetero) is 1. The molecule has 1 fully saturated rings. The summed E-state index contributed by atoms with van der Waals surface area (Å²) in [7, 11) is -3.33. The van der Waals surface area contributed by atoms with Crippen LogP contribution in [-0.2, 0) is 14.6 Å². The van der Waals surface area contributed by atoms with Gasteiger partial charge in [0.2, 0.25) is 0 Å². The van der Waals surface area contributed by atoms with Crippen molar-refractivity contribution in [1.82, 2.24) is 0 Å². The lowest BCUT2D eigenvalue weighted by molar-refractivity contribution is -0.123. The first-order chi connectivity index (χ1) is 8.75. The van der Waals surface area contributed by atoms with Crippen LogP contribution in [-0.4, -0.2) is 19.5 Å². The summed E-state index contributed by atoms with van der Waals surface area (Å²) in [5.74, 6) is -0.0632. The Balaban J connectivity index is 2.33. The Kier molecular flexibility index (Phi) is 3.56. The molecule has 3 nitrogen and oxygen atoms in total. The molecule has 1 aliphatic carbocycles. The maximum absolute atomic E-state index is 12.6. The van der Waals surface area contributed by atoms with E-state index in [0.717, 1.165) is 0 Å². The van der Waals surface area contributed by atoms with Crippen LogP contribution in [0.4, 0.5) is 0 Å². The summed E-state index contributed by atoms with van der Waals surface area (Å²) in [6.45, 7) is 5.53. The Morgan fingerprint density at radius 2 is 1.79 bits per heavy atom. The molecule has 2 unspecified atom stereocenters. The minimum absolute atomic E-state index is 0.0933. The fourth-order valence-electron chi connectivity index (χ4n) is 3.15. The third-order valence-electron chi connectivity index (χ3n) is 4.20. The van der Waals surface area contributed by atoms with Gasteiger partial charge in [-0.15, -0.1) is 0 Å². The second-order valence-electron chi connectivity index (χ2n) is 6.07. The smallest absolute Gasteiger partial charge is 0.181 e. The van der Waals surface area contributed by atoms with Gasteiger partial charge in [-0.2, -0.15) is 0 Å². The van der Waals surface area contributed by atoms with Gasteiger partial charge in [-0.05, 0) is 37.3 Å². The van der Waals surface area contributed by atoms with E-state index in [-0.39, 0.29) is 17.1 Å². The highest BCUT2D eigenvalue weighted by molar-refractivity contribution is 7.92. The van der Waals surface area contributed by atoms with Gasteiger partial charge in [0.15, 0.2) is 9.84 Å². The minimum Gasteiger partial charge on any atom is -0.300 e. The molecule has 0 radical (unpaired) electrons. The van der Waals surface area contributed by atoms with E-state index in [4.69, 9.17) is 0 Å². The van der Waals surface area contributed by atoms with Crippen LogP contribution in [0.5, 0.6) is 0 Å². The van der Waals surface area contributed by atoms with Gasteiger partial charge >= 0.3 is 0 Å². The molecule has 0 amide bonds. The Morgan fingerprint density at radius 1 is 1.21 bits per heavy atom. The van der Waals surface area contributed by atoms with E-state index in [9.17, 15) is 13.2 Å². The predicted molar refractivity (Wildman–Crippen MR) is 74.6 cm³/mol. The van der Waals surface area contributed by atoms with E-state index in [1.165, 1.54) is 0 Å². The Hall–Kier alpha value is -1.16. The quantitative estimate of drug-likeness (QED) is 0.855. The molecule has 0 N–H and O–H groups in total. The van der Waals surface area contributed by atoms with Gasteiger partial charge in [0, 0.05) is 5.92 Å². The van der Waals surface area contributed by atoms with Gasteiger partial charge in [-0.25, -0.2) is 8.42 Å². The normalized spacial score (nSPS) is 26.3. The highest BCUT2D eigenvalue weighted by atomic mass is 32.2. The fraction of sp³-hybridized carbons (Fsp3) is 0.533. The third-order valence-corrected chi connectivity index (χ3v) is 6.36. The summed E-state index contributed by atoms with van der Waals surface area (Å²) >= 11 is 0. The molecule has 0 spiro atoms. The number of benzene rings is 1. The van der Waals surface area contributed by atoms with Crippen molar-refractivity contribution >= 4 is 15.6 Å². The molecule has 1 aromatic carbocycles. The van der Waals surface area contributed by atoms with Crippen LogP contribution < -0.4 is 0 Å². The van der Waals surface area contributed by atoms with Crippen LogP contribution >= 0.6 is 0 Å². The van der Waals surface area contributed by atoms with E-state index in [1.54, 1.807) is 37.3 Å². The number of hydrogen-bond donors (Lipinski definition) is 0. The average molecular weight is 280 g/mol. The number of carbonyl (C=O) groups is 1. The maximum Gasteiger partial charge on any atom is 0.181 e. The van der Waals surface area contributed by atoms with E-state index in [0.29, 0.717) is 17.7 Å². The van der Waals surface area contributed by atoms with Crippen LogP contribution in [0.25, 0.3) is 0 Å². The monoisotopic (exact) mass is 280 g/mol.